The summed E-state index contributed by atoms with van der Waals surface area (Å²) in [7, 11) is 0. The normalized spacial score (nSPS) is 22.8. The summed E-state index contributed by atoms with van der Waals surface area (Å²) in [5.74, 6) is 0. The molecule has 1 aromatic rings. The molecule has 0 spiro atoms. The molecule has 0 fully saturated rings. The third-order valence-electron chi connectivity index (χ3n) is 2.10. The average Bonchev–Trinajstić information content (AvgIpc) is 2.04. The fourth-order valence-corrected chi connectivity index (χ4v) is 1.50. The Kier molecular flexibility index (Phi) is 1.65. The van der Waals surface area contributed by atoms with Crippen LogP contribution in [0.5, 0.6) is 0 Å². The van der Waals surface area contributed by atoms with Gasteiger partial charge in [0.25, 0.3) is 0 Å². The van der Waals surface area contributed by atoms with Gasteiger partial charge in [-0.05, 0) is 24.0 Å². The second-order valence-corrected chi connectivity index (χ2v) is 2.92. The number of alkyl halides is 1. The van der Waals surface area contributed by atoms with Crippen LogP contribution in [0.4, 0.5) is 4.39 Å². The highest BCUT2D eigenvalue weighted by Gasteiger charge is 2.16. The van der Waals surface area contributed by atoms with Crippen molar-refractivity contribution in [3.63, 3.8) is 0 Å². The van der Waals surface area contributed by atoms with Gasteiger partial charge in [0, 0.05) is 6.42 Å². The number of hydrogen-bond acceptors (Lipinski definition) is 0. The minimum Gasteiger partial charge on any atom is -0.247 e. The van der Waals surface area contributed by atoms with Crippen LogP contribution in [0.15, 0.2) is 24.3 Å². The maximum absolute atomic E-state index is 12.8. The van der Waals surface area contributed by atoms with E-state index in [0.29, 0.717) is 6.42 Å². The summed E-state index contributed by atoms with van der Waals surface area (Å²) in [4.78, 5) is 0. The monoisotopic (exact) mass is 149 g/mol. The summed E-state index contributed by atoms with van der Waals surface area (Å²) in [5.41, 5.74) is 2.35. The summed E-state index contributed by atoms with van der Waals surface area (Å²) in [5, 5.41) is 0. The molecule has 1 aliphatic carbocycles. The summed E-state index contributed by atoms with van der Waals surface area (Å²) in [6.45, 7) is 0. The van der Waals surface area contributed by atoms with Crippen LogP contribution in [-0.2, 0) is 6.42 Å². The van der Waals surface area contributed by atoms with E-state index in [-0.39, 0.29) is 0 Å². The molecule has 0 N–H and O–H groups in total. The van der Waals surface area contributed by atoms with Crippen LogP contribution in [0.1, 0.15) is 17.5 Å². The van der Waals surface area contributed by atoms with Crippen LogP contribution in [0.25, 0.3) is 0 Å². The fourth-order valence-electron chi connectivity index (χ4n) is 1.50. The molecule has 0 aliphatic heterocycles. The molecule has 0 saturated heterocycles. The van der Waals surface area contributed by atoms with Crippen molar-refractivity contribution in [2.75, 3.05) is 0 Å². The average molecular weight is 149 g/mol. The number of halogens is 1. The highest BCUT2D eigenvalue weighted by atomic mass is 19.1. The second-order valence-electron chi connectivity index (χ2n) is 2.92. The van der Waals surface area contributed by atoms with E-state index in [2.05, 4.69) is 6.07 Å². The van der Waals surface area contributed by atoms with E-state index in [1.54, 1.807) is 6.42 Å². The minimum atomic E-state index is -0.732. The Balaban J connectivity index is 2.34. The van der Waals surface area contributed by atoms with Gasteiger partial charge in [-0.2, -0.15) is 0 Å². The number of benzene rings is 1. The number of aryl methyl sites for hydroxylation is 1. The van der Waals surface area contributed by atoms with Crippen molar-refractivity contribution >= 4 is 0 Å². The topological polar surface area (TPSA) is 0 Å². The van der Waals surface area contributed by atoms with E-state index in [0.717, 1.165) is 12.0 Å². The molecule has 1 heteroatoms. The van der Waals surface area contributed by atoms with Crippen molar-refractivity contribution < 1.29 is 4.39 Å². The summed E-state index contributed by atoms with van der Waals surface area (Å²) < 4.78 is 12.8. The molecule has 0 bridgehead atoms. The van der Waals surface area contributed by atoms with Crippen LogP contribution >= 0.6 is 0 Å². The van der Waals surface area contributed by atoms with Gasteiger partial charge in [0.15, 0.2) is 0 Å². The predicted octanol–water partition coefficient (Wildman–Crippen LogP) is 2.52. The van der Waals surface area contributed by atoms with Crippen LogP contribution in [-0.4, -0.2) is 6.17 Å². The molecule has 57 valence electrons. The van der Waals surface area contributed by atoms with Crippen molar-refractivity contribution in [1.82, 2.24) is 0 Å². The van der Waals surface area contributed by atoms with Gasteiger partial charge in [-0.3, -0.25) is 0 Å². The molecule has 2 rings (SSSR count). The van der Waals surface area contributed by atoms with E-state index in [4.69, 9.17) is 0 Å². The molecular weight excluding hydrogens is 139 g/mol. The SMILES string of the molecule is FC1[CH]c2ccccc2CC1. The zero-order valence-corrected chi connectivity index (χ0v) is 6.26. The summed E-state index contributed by atoms with van der Waals surface area (Å²) >= 11 is 0. The van der Waals surface area contributed by atoms with Crippen LogP contribution in [0.2, 0.25) is 0 Å². The Morgan fingerprint density at radius 3 is 3.00 bits per heavy atom. The Hall–Kier alpha value is -0.850. The molecule has 0 saturated carbocycles. The summed E-state index contributed by atoms with van der Waals surface area (Å²) in [6.07, 6.45) is 2.51. The van der Waals surface area contributed by atoms with Gasteiger partial charge >= 0.3 is 0 Å². The van der Waals surface area contributed by atoms with Gasteiger partial charge in [-0.1, -0.05) is 24.3 Å². The van der Waals surface area contributed by atoms with Crippen LogP contribution in [0.3, 0.4) is 0 Å². The van der Waals surface area contributed by atoms with E-state index in [9.17, 15) is 4.39 Å². The number of fused-ring (bicyclic) bond motifs is 1. The van der Waals surface area contributed by atoms with Gasteiger partial charge in [0.05, 0.1) is 0 Å². The zero-order valence-electron chi connectivity index (χ0n) is 6.26. The number of rotatable bonds is 0. The molecule has 1 aromatic carbocycles. The van der Waals surface area contributed by atoms with E-state index >= 15 is 0 Å². The minimum absolute atomic E-state index is 0.650. The Morgan fingerprint density at radius 2 is 2.09 bits per heavy atom. The first-order valence-electron chi connectivity index (χ1n) is 3.93. The van der Waals surface area contributed by atoms with Crippen LogP contribution in [0, 0.1) is 6.42 Å². The quantitative estimate of drug-likeness (QED) is 0.531. The standard InChI is InChI=1S/C10H10F/c11-10-6-5-8-3-1-2-4-9(8)7-10/h1-4,7,10H,5-6H2. The third-order valence-corrected chi connectivity index (χ3v) is 2.10. The first-order chi connectivity index (χ1) is 5.36. The molecule has 0 heterocycles. The van der Waals surface area contributed by atoms with Crippen molar-refractivity contribution in [2.24, 2.45) is 0 Å². The lowest BCUT2D eigenvalue weighted by molar-refractivity contribution is 0.352. The second kappa shape index (κ2) is 2.65. The van der Waals surface area contributed by atoms with Crippen molar-refractivity contribution in [2.45, 2.75) is 19.0 Å². The van der Waals surface area contributed by atoms with E-state index in [1.807, 2.05) is 18.2 Å². The van der Waals surface area contributed by atoms with Gasteiger partial charge < -0.3 is 0 Å². The highest BCUT2D eigenvalue weighted by molar-refractivity contribution is 5.36. The molecule has 0 aromatic heterocycles. The first-order valence-corrected chi connectivity index (χ1v) is 3.93. The largest absolute Gasteiger partial charge is 0.247 e. The Bertz CT molecular complexity index is 255. The fraction of sp³-hybridized carbons (Fsp3) is 0.300. The molecule has 1 aliphatic rings. The van der Waals surface area contributed by atoms with Crippen molar-refractivity contribution in [3.05, 3.63) is 41.8 Å². The first kappa shape index (κ1) is 6.84. The number of hydrogen-bond donors (Lipinski definition) is 0. The zero-order chi connectivity index (χ0) is 7.68. The lowest BCUT2D eigenvalue weighted by atomic mass is 9.91. The Labute approximate surface area is 66.1 Å². The molecule has 11 heavy (non-hydrogen) atoms. The van der Waals surface area contributed by atoms with Crippen molar-refractivity contribution in [1.29, 1.82) is 0 Å². The lowest BCUT2D eigenvalue weighted by Gasteiger charge is -2.17. The smallest absolute Gasteiger partial charge is 0.108 e. The van der Waals surface area contributed by atoms with Crippen molar-refractivity contribution in [3.8, 4) is 0 Å². The Morgan fingerprint density at radius 1 is 1.27 bits per heavy atom. The molecule has 1 unspecified atom stereocenters. The molecule has 0 nitrogen and oxygen atoms in total. The van der Waals surface area contributed by atoms with Gasteiger partial charge in [0.2, 0.25) is 0 Å². The maximum Gasteiger partial charge on any atom is 0.108 e. The van der Waals surface area contributed by atoms with Gasteiger partial charge in [0.1, 0.15) is 6.17 Å². The highest BCUT2D eigenvalue weighted by Crippen LogP contribution is 2.24. The van der Waals surface area contributed by atoms with E-state index < -0.39 is 6.17 Å². The predicted molar refractivity (Wildman–Crippen MR) is 43.1 cm³/mol. The third kappa shape index (κ3) is 1.28. The molecule has 0 amide bonds. The van der Waals surface area contributed by atoms with E-state index in [1.165, 1.54) is 5.56 Å². The maximum atomic E-state index is 12.8. The molecule has 1 radical (unpaired) electrons. The van der Waals surface area contributed by atoms with Crippen LogP contribution < -0.4 is 0 Å². The van der Waals surface area contributed by atoms with Gasteiger partial charge in [-0.15, -0.1) is 0 Å². The molecular formula is C10H10F. The summed E-state index contributed by atoms with van der Waals surface area (Å²) in [6, 6.07) is 8.00. The van der Waals surface area contributed by atoms with Gasteiger partial charge in [-0.25, -0.2) is 4.39 Å². The lowest BCUT2D eigenvalue weighted by Crippen LogP contribution is -2.11. The molecule has 1 atom stereocenters.